The fraction of sp³-hybridized carbons (Fsp3) is 0.0400. The van der Waals surface area contributed by atoms with Gasteiger partial charge >= 0.3 is 0 Å². The molecule has 0 amide bonds. The molecule has 0 heterocycles. The van der Waals surface area contributed by atoms with Crippen LogP contribution in [-0.2, 0) is 6.61 Å². The summed E-state index contributed by atoms with van der Waals surface area (Å²) < 4.78 is 0. The van der Waals surface area contributed by atoms with E-state index in [1.54, 1.807) is 0 Å². The Morgan fingerprint density at radius 1 is 0.302 bits per heavy atom. The topological polar surface area (TPSA) is 26.7 Å². The Labute approximate surface area is 312 Å². The molecule has 0 aliphatic rings. The summed E-state index contributed by atoms with van der Waals surface area (Å²) in [5, 5.41) is 9.69. The van der Waals surface area contributed by atoms with E-state index in [-0.39, 0.29) is 6.61 Å². The first-order valence-corrected chi connectivity index (χ1v) is 18.0. The molecule has 1 N–H and O–H groups in total. The Hall–Kier alpha value is -6.68. The Balaban J connectivity index is 1.09. The van der Waals surface area contributed by atoms with Crippen LogP contribution in [0.1, 0.15) is 11.1 Å². The molecular formula is C50H40N2O. The van der Waals surface area contributed by atoms with Gasteiger partial charge in [0.15, 0.2) is 0 Å². The van der Waals surface area contributed by atoms with Crippen molar-refractivity contribution in [3.63, 3.8) is 0 Å². The predicted octanol–water partition coefficient (Wildman–Crippen LogP) is 13.4. The highest BCUT2D eigenvalue weighted by molar-refractivity contribution is 5.82. The zero-order valence-electron chi connectivity index (χ0n) is 29.7. The predicted molar refractivity (Wildman–Crippen MR) is 223 cm³/mol. The number of hydrogen-bond donors (Lipinski definition) is 1. The molecule has 0 aromatic heterocycles. The van der Waals surface area contributed by atoms with Crippen LogP contribution in [0.2, 0.25) is 0 Å². The maximum absolute atomic E-state index is 9.69. The smallest absolute Gasteiger partial charge is 0.0681 e. The van der Waals surface area contributed by atoms with E-state index < -0.39 is 0 Å². The van der Waals surface area contributed by atoms with Crippen LogP contribution in [0.25, 0.3) is 33.4 Å². The van der Waals surface area contributed by atoms with Gasteiger partial charge in [-0.15, -0.1) is 0 Å². The molecule has 3 heteroatoms. The SMILES string of the molecule is Cc1ccc(N(c2ccc(-c3ccccc3)cc2)c2ccc(-c3ccc(N(c4ccc(CO)cc4)c4ccc(-c5ccccc5)cc4)cc3)cc2)cc1. The van der Waals surface area contributed by atoms with Crippen molar-refractivity contribution in [3.8, 4) is 33.4 Å². The summed E-state index contributed by atoms with van der Waals surface area (Å²) in [6, 6.07) is 72.8. The summed E-state index contributed by atoms with van der Waals surface area (Å²) in [5.41, 5.74) is 15.6. The molecule has 0 saturated heterocycles. The lowest BCUT2D eigenvalue weighted by Gasteiger charge is -2.26. The second kappa shape index (κ2) is 15.3. The Morgan fingerprint density at radius 2 is 0.547 bits per heavy atom. The van der Waals surface area contributed by atoms with Crippen LogP contribution >= 0.6 is 0 Å². The number of hydrogen-bond acceptors (Lipinski definition) is 3. The van der Waals surface area contributed by atoms with E-state index in [4.69, 9.17) is 0 Å². The van der Waals surface area contributed by atoms with Gasteiger partial charge in [-0.2, -0.15) is 0 Å². The summed E-state index contributed by atoms with van der Waals surface area (Å²) in [5.74, 6) is 0. The number of rotatable bonds is 10. The van der Waals surface area contributed by atoms with Crippen molar-refractivity contribution >= 4 is 34.1 Å². The number of anilines is 6. The highest BCUT2D eigenvalue weighted by Crippen LogP contribution is 2.39. The lowest BCUT2D eigenvalue weighted by molar-refractivity contribution is 0.282. The maximum Gasteiger partial charge on any atom is 0.0681 e. The first-order chi connectivity index (χ1) is 26.1. The highest BCUT2D eigenvalue weighted by atomic mass is 16.3. The van der Waals surface area contributed by atoms with E-state index in [0.29, 0.717) is 0 Å². The summed E-state index contributed by atoms with van der Waals surface area (Å²) in [6.07, 6.45) is 0. The fourth-order valence-electron chi connectivity index (χ4n) is 6.81. The van der Waals surface area contributed by atoms with E-state index >= 15 is 0 Å². The molecule has 0 radical (unpaired) electrons. The van der Waals surface area contributed by atoms with Gasteiger partial charge in [-0.25, -0.2) is 0 Å². The Bertz CT molecular complexity index is 2370. The lowest BCUT2D eigenvalue weighted by Crippen LogP contribution is -2.10. The van der Waals surface area contributed by atoms with Gasteiger partial charge < -0.3 is 14.9 Å². The molecule has 256 valence electrons. The van der Waals surface area contributed by atoms with Gasteiger partial charge in [0.2, 0.25) is 0 Å². The molecule has 0 fully saturated rings. The second-order valence-electron chi connectivity index (χ2n) is 13.3. The average Bonchev–Trinajstić information content (AvgIpc) is 3.24. The van der Waals surface area contributed by atoms with Crippen molar-refractivity contribution in [2.75, 3.05) is 9.80 Å². The van der Waals surface area contributed by atoms with Gasteiger partial charge in [0.25, 0.3) is 0 Å². The minimum atomic E-state index is 0.0167. The van der Waals surface area contributed by atoms with Crippen LogP contribution in [0.4, 0.5) is 34.1 Å². The standard InChI is InChI=1S/C50H40N2O/c1-37-12-24-45(25-13-37)51(47-28-16-41(17-29-47)39-8-4-2-5-9-39)48-32-20-43(21-33-48)44-22-34-50(35-23-44)52(46-26-14-38(36-53)15-27-46)49-30-18-42(19-31-49)40-10-6-3-7-11-40/h2-35,53H,36H2,1H3. The lowest BCUT2D eigenvalue weighted by atomic mass is 10.0. The van der Waals surface area contributed by atoms with E-state index in [1.165, 1.54) is 27.8 Å². The van der Waals surface area contributed by atoms with E-state index in [2.05, 4.69) is 205 Å². The minimum absolute atomic E-state index is 0.0167. The fourth-order valence-corrected chi connectivity index (χ4v) is 6.81. The Morgan fingerprint density at radius 3 is 0.830 bits per heavy atom. The molecule has 0 aliphatic carbocycles. The van der Waals surface area contributed by atoms with Crippen LogP contribution in [0.3, 0.4) is 0 Å². The molecule has 8 aromatic rings. The van der Waals surface area contributed by atoms with Gasteiger partial charge in [-0.05, 0) is 119 Å². The maximum atomic E-state index is 9.69. The highest BCUT2D eigenvalue weighted by Gasteiger charge is 2.15. The molecule has 0 aliphatic heterocycles. The molecule has 0 bridgehead atoms. The van der Waals surface area contributed by atoms with Crippen molar-refractivity contribution in [3.05, 3.63) is 217 Å². The van der Waals surface area contributed by atoms with Crippen molar-refractivity contribution < 1.29 is 5.11 Å². The average molecular weight is 685 g/mol. The third-order valence-electron chi connectivity index (χ3n) is 9.72. The van der Waals surface area contributed by atoms with E-state index in [9.17, 15) is 5.11 Å². The van der Waals surface area contributed by atoms with Crippen molar-refractivity contribution in [2.24, 2.45) is 0 Å². The van der Waals surface area contributed by atoms with Gasteiger partial charge in [0, 0.05) is 34.1 Å². The number of aryl methyl sites for hydroxylation is 1. The molecule has 53 heavy (non-hydrogen) atoms. The summed E-state index contributed by atoms with van der Waals surface area (Å²) >= 11 is 0. The largest absolute Gasteiger partial charge is 0.392 e. The van der Waals surface area contributed by atoms with Crippen molar-refractivity contribution in [1.82, 2.24) is 0 Å². The second-order valence-corrected chi connectivity index (χ2v) is 13.3. The van der Waals surface area contributed by atoms with Crippen molar-refractivity contribution in [1.29, 1.82) is 0 Å². The molecule has 3 nitrogen and oxygen atoms in total. The number of benzene rings is 8. The summed E-state index contributed by atoms with van der Waals surface area (Å²) in [7, 11) is 0. The van der Waals surface area contributed by atoms with Crippen LogP contribution in [0, 0.1) is 6.92 Å². The normalized spacial score (nSPS) is 10.9. The third kappa shape index (κ3) is 7.38. The number of aliphatic hydroxyl groups is 1. The van der Waals surface area contributed by atoms with Crippen LogP contribution in [0.15, 0.2) is 206 Å². The van der Waals surface area contributed by atoms with Gasteiger partial charge in [-0.3, -0.25) is 0 Å². The molecule has 0 unspecified atom stereocenters. The monoisotopic (exact) mass is 684 g/mol. The summed E-state index contributed by atoms with van der Waals surface area (Å²) in [6.45, 7) is 2.14. The number of aliphatic hydroxyl groups excluding tert-OH is 1. The van der Waals surface area contributed by atoms with Gasteiger partial charge in [-0.1, -0.05) is 139 Å². The molecular weight excluding hydrogens is 645 g/mol. The molecule has 8 aromatic carbocycles. The molecule has 0 saturated carbocycles. The van der Waals surface area contributed by atoms with Gasteiger partial charge in [0.05, 0.1) is 6.61 Å². The zero-order valence-corrected chi connectivity index (χ0v) is 29.7. The minimum Gasteiger partial charge on any atom is -0.392 e. The van der Waals surface area contributed by atoms with E-state index in [1.807, 2.05) is 18.2 Å². The van der Waals surface area contributed by atoms with E-state index in [0.717, 1.165) is 50.8 Å². The van der Waals surface area contributed by atoms with Gasteiger partial charge in [0.1, 0.15) is 0 Å². The first-order valence-electron chi connectivity index (χ1n) is 18.0. The first kappa shape index (κ1) is 33.5. The quantitative estimate of drug-likeness (QED) is 0.155. The van der Waals surface area contributed by atoms with Crippen LogP contribution in [0.5, 0.6) is 0 Å². The zero-order chi connectivity index (χ0) is 36.0. The number of nitrogens with zero attached hydrogens (tertiary/aromatic N) is 2. The summed E-state index contributed by atoms with van der Waals surface area (Å²) in [4.78, 5) is 4.56. The third-order valence-corrected chi connectivity index (χ3v) is 9.72. The van der Waals surface area contributed by atoms with Crippen LogP contribution in [-0.4, -0.2) is 5.11 Å². The molecule has 0 atom stereocenters. The van der Waals surface area contributed by atoms with Crippen molar-refractivity contribution in [2.45, 2.75) is 13.5 Å². The molecule has 0 spiro atoms. The Kier molecular flexibility index (Phi) is 9.65. The molecule has 8 rings (SSSR count). The van der Waals surface area contributed by atoms with Crippen LogP contribution < -0.4 is 9.80 Å².